The molecule has 0 saturated heterocycles. The lowest BCUT2D eigenvalue weighted by molar-refractivity contribution is -0.169. The fourth-order valence-corrected chi connectivity index (χ4v) is 1.32. The first-order chi connectivity index (χ1) is 9.00. The van der Waals surface area contributed by atoms with Gasteiger partial charge in [-0.1, -0.05) is 0 Å². The Morgan fingerprint density at radius 3 is 1.95 bits per heavy atom. The Balaban J connectivity index is 2.82. The molecular formula is C12H9F6NO. The summed E-state index contributed by atoms with van der Waals surface area (Å²) in [4.78, 5) is 14.4. The van der Waals surface area contributed by atoms with E-state index in [4.69, 9.17) is 0 Å². The number of nitrogens with zero attached hydrogens (tertiary/aromatic N) is 1. The molecule has 0 atom stereocenters. The average Bonchev–Trinajstić information content (AvgIpc) is 2.26. The molecule has 0 aliphatic rings. The van der Waals surface area contributed by atoms with Crippen molar-refractivity contribution in [2.75, 3.05) is 0 Å². The Kier molecular flexibility index (Phi) is 4.57. The predicted octanol–water partition coefficient (Wildman–Crippen LogP) is 4.32. The van der Waals surface area contributed by atoms with Crippen LogP contribution in [0.2, 0.25) is 0 Å². The lowest BCUT2D eigenvalue weighted by Crippen LogP contribution is -2.24. The van der Waals surface area contributed by atoms with E-state index < -0.39 is 30.1 Å². The maximum absolute atomic E-state index is 12.3. The molecule has 0 aliphatic heterocycles. The predicted molar refractivity (Wildman–Crippen MR) is 59.9 cm³/mol. The maximum Gasteiger partial charge on any atom is 0.450 e. The first-order valence-corrected chi connectivity index (χ1v) is 5.31. The van der Waals surface area contributed by atoms with Gasteiger partial charge in [0.1, 0.15) is 0 Å². The number of Topliss-reactive ketones (excluding diaryl/α,β-unsaturated/α-hetero) is 1. The van der Waals surface area contributed by atoms with Gasteiger partial charge >= 0.3 is 12.4 Å². The minimum Gasteiger partial charge on any atom is -0.289 e. The number of ketones is 1. The van der Waals surface area contributed by atoms with Crippen LogP contribution >= 0.6 is 0 Å². The van der Waals surface area contributed by atoms with Crippen molar-refractivity contribution < 1.29 is 31.1 Å². The molecule has 0 aromatic heterocycles. The van der Waals surface area contributed by atoms with Crippen LogP contribution < -0.4 is 0 Å². The number of aliphatic imine (C=N–C) groups is 1. The molecule has 0 unspecified atom stereocenters. The zero-order valence-electron chi connectivity index (χ0n) is 10.1. The van der Waals surface area contributed by atoms with E-state index in [-0.39, 0.29) is 11.4 Å². The second kappa shape index (κ2) is 5.64. The molecule has 8 heteroatoms. The summed E-state index contributed by atoms with van der Waals surface area (Å²) in [7, 11) is 0. The summed E-state index contributed by atoms with van der Waals surface area (Å²) in [6, 6.07) is 3.56. The quantitative estimate of drug-likeness (QED) is 0.603. The largest absolute Gasteiger partial charge is 0.450 e. The van der Waals surface area contributed by atoms with E-state index >= 15 is 0 Å². The van der Waals surface area contributed by atoms with Crippen molar-refractivity contribution in [3.63, 3.8) is 0 Å². The van der Waals surface area contributed by atoms with E-state index in [1.807, 2.05) is 0 Å². The molecule has 0 N–H and O–H groups in total. The van der Waals surface area contributed by atoms with Gasteiger partial charge in [-0.2, -0.15) is 26.3 Å². The zero-order valence-corrected chi connectivity index (χ0v) is 10.1. The minimum absolute atomic E-state index is 0.0467. The Labute approximate surface area is 110 Å². The van der Waals surface area contributed by atoms with Gasteiger partial charge in [0.2, 0.25) is 5.78 Å². The second-order valence-electron chi connectivity index (χ2n) is 3.99. The summed E-state index contributed by atoms with van der Waals surface area (Å²) in [5, 5.41) is 0. The number of halogens is 6. The first kappa shape index (κ1) is 16.2. The summed E-state index contributed by atoms with van der Waals surface area (Å²) in [6.07, 6.45) is -10.4. The van der Waals surface area contributed by atoms with E-state index in [9.17, 15) is 31.1 Å². The molecule has 1 aromatic rings. The van der Waals surface area contributed by atoms with Gasteiger partial charge in [-0.3, -0.25) is 9.79 Å². The number of rotatable bonds is 3. The molecule has 0 amide bonds. The van der Waals surface area contributed by atoms with E-state index in [0.717, 1.165) is 24.3 Å². The van der Waals surface area contributed by atoms with Crippen molar-refractivity contribution in [3.05, 3.63) is 29.8 Å². The van der Waals surface area contributed by atoms with E-state index in [0.29, 0.717) is 0 Å². The minimum atomic E-state index is -4.95. The van der Waals surface area contributed by atoms with Crippen LogP contribution in [0.4, 0.5) is 32.0 Å². The third-order valence-electron chi connectivity index (χ3n) is 2.25. The molecule has 1 rings (SSSR count). The highest BCUT2D eigenvalue weighted by Crippen LogP contribution is 2.30. The van der Waals surface area contributed by atoms with Crippen LogP contribution in [0.3, 0.4) is 0 Å². The molecule has 0 radical (unpaired) electrons. The van der Waals surface area contributed by atoms with Gasteiger partial charge in [0.05, 0.1) is 17.7 Å². The molecule has 0 aliphatic carbocycles. The highest BCUT2D eigenvalue weighted by Gasteiger charge is 2.38. The topological polar surface area (TPSA) is 29.4 Å². The van der Waals surface area contributed by atoms with E-state index in [1.165, 1.54) is 6.92 Å². The maximum atomic E-state index is 12.3. The van der Waals surface area contributed by atoms with Gasteiger partial charge in [-0.25, -0.2) is 0 Å². The summed E-state index contributed by atoms with van der Waals surface area (Å²) in [5.41, 5.74) is -0.974. The average molecular weight is 297 g/mol. The number of benzene rings is 1. The Morgan fingerprint density at radius 1 is 1.05 bits per heavy atom. The lowest BCUT2D eigenvalue weighted by Gasteiger charge is -2.07. The summed E-state index contributed by atoms with van der Waals surface area (Å²) >= 11 is 0. The highest BCUT2D eigenvalue weighted by atomic mass is 19.4. The van der Waals surface area contributed by atoms with Crippen molar-refractivity contribution in [2.45, 2.75) is 25.7 Å². The molecule has 0 saturated carbocycles. The molecule has 20 heavy (non-hydrogen) atoms. The molecular weight excluding hydrogens is 288 g/mol. The van der Waals surface area contributed by atoms with Crippen LogP contribution in [0, 0.1) is 0 Å². The van der Waals surface area contributed by atoms with Gasteiger partial charge < -0.3 is 0 Å². The first-order valence-electron chi connectivity index (χ1n) is 5.31. The molecule has 110 valence electrons. The summed E-state index contributed by atoms with van der Waals surface area (Å²) in [6.45, 7) is 1.20. The Bertz CT molecular complexity index is 512. The van der Waals surface area contributed by atoms with Gasteiger partial charge in [-0.15, -0.1) is 0 Å². The van der Waals surface area contributed by atoms with Crippen LogP contribution in [-0.4, -0.2) is 17.7 Å². The van der Waals surface area contributed by atoms with Crippen LogP contribution in [0.15, 0.2) is 29.3 Å². The number of carbonyl (C=O) groups is 1. The van der Waals surface area contributed by atoms with Crippen LogP contribution in [0.25, 0.3) is 0 Å². The van der Waals surface area contributed by atoms with Crippen molar-refractivity contribution >= 4 is 17.2 Å². The van der Waals surface area contributed by atoms with Gasteiger partial charge in [0.25, 0.3) is 0 Å². The monoisotopic (exact) mass is 297 g/mol. The Morgan fingerprint density at radius 2 is 1.55 bits per heavy atom. The molecule has 2 nitrogen and oxygen atoms in total. The van der Waals surface area contributed by atoms with Crippen LogP contribution in [-0.2, 0) is 11.0 Å². The normalized spacial score (nSPS) is 13.4. The van der Waals surface area contributed by atoms with Crippen molar-refractivity contribution in [1.82, 2.24) is 0 Å². The third kappa shape index (κ3) is 4.67. The smallest absolute Gasteiger partial charge is 0.289 e. The third-order valence-corrected chi connectivity index (χ3v) is 2.25. The number of hydrogen-bond acceptors (Lipinski definition) is 2. The number of carbonyl (C=O) groups excluding carboxylic acids is 1. The fourth-order valence-electron chi connectivity index (χ4n) is 1.32. The van der Waals surface area contributed by atoms with Crippen LogP contribution in [0.5, 0.6) is 0 Å². The molecule has 0 bridgehead atoms. The number of alkyl halides is 6. The van der Waals surface area contributed by atoms with Crippen molar-refractivity contribution in [1.29, 1.82) is 0 Å². The lowest BCUT2D eigenvalue weighted by atomic mass is 10.2. The molecule has 0 heterocycles. The van der Waals surface area contributed by atoms with Gasteiger partial charge in [0, 0.05) is 5.71 Å². The standard InChI is InChI=1S/C12H9F6NO/c1-7(6-10(20)12(16,17)18)19-9-4-2-8(3-5-9)11(13,14)15/h2-5H,6H2,1H3. The zero-order chi connectivity index (χ0) is 15.6. The van der Waals surface area contributed by atoms with Crippen LogP contribution in [0.1, 0.15) is 18.9 Å². The van der Waals surface area contributed by atoms with Gasteiger partial charge in [0.15, 0.2) is 0 Å². The van der Waals surface area contributed by atoms with E-state index in [1.54, 1.807) is 0 Å². The highest BCUT2D eigenvalue weighted by molar-refractivity contribution is 6.03. The van der Waals surface area contributed by atoms with Crippen molar-refractivity contribution in [2.24, 2.45) is 4.99 Å². The Hall–Kier alpha value is -1.86. The summed E-state index contributed by atoms with van der Waals surface area (Å²) in [5.74, 6) is -1.95. The molecule has 0 fully saturated rings. The fraction of sp³-hybridized carbons (Fsp3) is 0.333. The van der Waals surface area contributed by atoms with Crippen molar-refractivity contribution in [3.8, 4) is 0 Å². The molecule has 0 spiro atoms. The van der Waals surface area contributed by atoms with E-state index in [2.05, 4.69) is 4.99 Å². The number of hydrogen-bond donors (Lipinski definition) is 0. The molecule has 1 aromatic carbocycles. The van der Waals surface area contributed by atoms with Gasteiger partial charge in [-0.05, 0) is 31.2 Å². The second-order valence-corrected chi connectivity index (χ2v) is 3.99. The summed E-state index contributed by atoms with van der Waals surface area (Å²) < 4.78 is 72.8. The SMILES string of the molecule is CC(CC(=O)C(F)(F)F)=Nc1ccc(C(F)(F)F)cc1.